The van der Waals surface area contributed by atoms with E-state index >= 15 is 0 Å². The second-order valence-corrected chi connectivity index (χ2v) is 9.25. The summed E-state index contributed by atoms with van der Waals surface area (Å²) in [5, 5.41) is 3.19. The average molecular weight is 448 g/mol. The van der Waals surface area contributed by atoms with Crippen LogP contribution in [0.15, 0.2) is 57.8 Å². The third kappa shape index (κ3) is 5.34. The van der Waals surface area contributed by atoms with Gasteiger partial charge in [0.2, 0.25) is 5.91 Å². The summed E-state index contributed by atoms with van der Waals surface area (Å²) in [6, 6.07) is 14.3. The molecular formula is C21H25N3O4S2. The standard InChI is InChI=1S/C21H25N3O4S2/c1-3-4-13-24-18-7-5-6-8-19(18)30(26,27)23-21(24)29-15-20(25)22-14-16-9-11-17(28-2)12-10-16/h5-12H,3-4,13-15H2,1-2H3,(H,22,25). The van der Waals surface area contributed by atoms with Crippen LogP contribution < -0.4 is 15.0 Å². The molecule has 160 valence electrons. The van der Waals surface area contributed by atoms with Gasteiger partial charge in [0.1, 0.15) is 10.6 Å². The van der Waals surface area contributed by atoms with E-state index in [9.17, 15) is 13.2 Å². The largest absolute Gasteiger partial charge is 0.497 e. The number of carbonyl (C=O) groups excluding carboxylic acids is 1. The Balaban J connectivity index is 1.66. The summed E-state index contributed by atoms with van der Waals surface area (Å²) < 4.78 is 34.3. The lowest BCUT2D eigenvalue weighted by molar-refractivity contribution is -0.118. The van der Waals surface area contributed by atoms with Crippen LogP contribution in [0.3, 0.4) is 0 Å². The van der Waals surface area contributed by atoms with Crippen LogP contribution in [0.2, 0.25) is 0 Å². The Bertz CT molecular complexity index is 1020. The van der Waals surface area contributed by atoms with E-state index < -0.39 is 10.0 Å². The van der Waals surface area contributed by atoms with E-state index in [0.29, 0.717) is 23.9 Å². The first-order valence-electron chi connectivity index (χ1n) is 9.68. The Kier molecular flexibility index (Phi) is 7.38. The predicted molar refractivity (Wildman–Crippen MR) is 121 cm³/mol. The molecule has 7 nitrogen and oxygen atoms in total. The number of carbonyl (C=O) groups is 1. The van der Waals surface area contributed by atoms with Gasteiger partial charge in [0.25, 0.3) is 10.0 Å². The van der Waals surface area contributed by atoms with Gasteiger partial charge in [-0.2, -0.15) is 8.42 Å². The van der Waals surface area contributed by atoms with Crippen molar-refractivity contribution in [2.24, 2.45) is 4.40 Å². The summed E-state index contributed by atoms with van der Waals surface area (Å²) in [5.41, 5.74) is 1.56. The number of thioether (sulfide) groups is 1. The number of fused-ring (bicyclic) bond motifs is 1. The van der Waals surface area contributed by atoms with Crippen LogP contribution in [0.25, 0.3) is 0 Å². The zero-order valence-corrected chi connectivity index (χ0v) is 18.6. The summed E-state index contributed by atoms with van der Waals surface area (Å²) in [5.74, 6) is 0.643. The molecule has 1 amide bonds. The van der Waals surface area contributed by atoms with Crippen molar-refractivity contribution in [2.45, 2.75) is 31.2 Å². The summed E-state index contributed by atoms with van der Waals surface area (Å²) in [6.45, 7) is 3.10. The lowest BCUT2D eigenvalue weighted by atomic mass is 10.2. The van der Waals surface area contributed by atoms with E-state index in [0.717, 1.165) is 35.9 Å². The molecule has 1 aliphatic heterocycles. The molecule has 0 spiro atoms. The number of ether oxygens (including phenoxy) is 1. The minimum Gasteiger partial charge on any atom is -0.497 e. The highest BCUT2D eigenvalue weighted by Crippen LogP contribution is 2.34. The van der Waals surface area contributed by atoms with Gasteiger partial charge in [-0.3, -0.25) is 4.79 Å². The van der Waals surface area contributed by atoms with Crippen molar-refractivity contribution >= 4 is 38.5 Å². The van der Waals surface area contributed by atoms with Gasteiger partial charge in [0.15, 0.2) is 5.17 Å². The Morgan fingerprint density at radius 2 is 1.90 bits per heavy atom. The second-order valence-electron chi connectivity index (χ2n) is 6.74. The monoisotopic (exact) mass is 447 g/mol. The van der Waals surface area contributed by atoms with Crippen LogP contribution in [0, 0.1) is 0 Å². The molecule has 0 atom stereocenters. The molecule has 30 heavy (non-hydrogen) atoms. The van der Waals surface area contributed by atoms with Crippen molar-refractivity contribution in [3.63, 3.8) is 0 Å². The summed E-state index contributed by atoms with van der Waals surface area (Å²) in [6.07, 6.45) is 1.85. The Labute approximate surface area is 181 Å². The summed E-state index contributed by atoms with van der Waals surface area (Å²) in [4.78, 5) is 14.4. The Hall–Kier alpha value is -2.52. The van der Waals surface area contributed by atoms with Gasteiger partial charge < -0.3 is 15.0 Å². The molecule has 0 bridgehead atoms. The number of unbranched alkanes of at least 4 members (excludes halogenated alkanes) is 1. The van der Waals surface area contributed by atoms with Crippen molar-refractivity contribution in [3.8, 4) is 5.75 Å². The van der Waals surface area contributed by atoms with E-state index in [1.807, 2.05) is 35.2 Å². The maximum Gasteiger partial charge on any atom is 0.286 e. The van der Waals surface area contributed by atoms with Gasteiger partial charge in [-0.25, -0.2) is 0 Å². The number of amidine groups is 1. The molecule has 0 aromatic heterocycles. The smallest absolute Gasteiger partial charge is 0.286 e. The first-order chi connectivity index (χ1) is 14.4. The number of benzene rings is 2. The van der Waals surface area contributed by atoms with E-state index in [1.165, 1.54) is 0 Å². The number of rotatable bonds is 8. The minimum absolute atomic E-state index is 0.0787. The third-order valence-corrected chi connectivity index (χ3v) is 6.99. The highest BCUT2D eigenvalue weighted by Gasteiger charge is 2.30. The lowest BCUT2D eigenvalue weighted by Crippen LogP contribution is -2.36. The van der Waals surface area contributed by atoms with E-state index in [1.54, 1.807) is 25.3 Å². The zero-order chi connectivity index (χ0) is 21.6. The topological polar surface area (TPSA) is 88.1 Å². The fraction of sp³-hybridized carbons (Fsp3) is 0.333. The van der Waals surface area contributed by atoms with Gasteiger partial charge in [0, 0.05) is 13.1 Å². The number of para-hydroxylation sites is 1. The highest BCUT2D eigenvalue weighted by atomic mass is 32.2. The highest BCUT2D eigenvalue weighted by molar-refractivity contribution is 8.15. The second kappa shape index (κ2) is 9.99. The molecule has 9 heteroatoms. The molecule has 1 N–H and O–H groups in total. The van der Waals surface area contributed by atoms with Crippen LogP contribution in [-0.4, -0.2) is 38.9 Å². The van der Waals surface area contributed by atoms with Crippen LogP contribution in [-0.2, 0) is 21.4 Å². The fourth-order valence-electron chi connectivity index (χ4n) is 2.96. The van der Waals surface area contributed by atoms with Crippen LogP contribution >= 0.6 is 11.8 Å². The number of sulfonamides is 1. The molecule has 0 fully saturated rings. The van der Waals surface area contributed by atoms with Crippen LogP contribution in [0.5, 0.6) is 5.75 Å². The molecule has 0 radical (unpaired) electrons. The van der Waals surface area contributed by atoms with Crippen molar-refractivity contribution in [1.82, 2.24) is 5.32 Å². The molecule has 2 aromatic carbocycles. The normalized spacial score (nSPS) is 14.6. The molecule has 2 aromatic rings. The number of amides is 1. The minimum atomic E-state index is -3.78. The van der Waals surface area contributed by atoms with Crippen LogP contribution in [0.4, 0.5) is 5.69 Å². The molecule has 1 heterocycles. The van der Waals surface area contributed by atoms with E-state index in [-0.39, 0.29) is 16.6 Å². The molecule has 3 rings (SSSR count). The number of methoxy groups -OCH3 is 1. The number of hydrogen-bond acceptors (Lipinski definition) is 6. The van der Waals surface area contributed by atoms with Crippen molar-refractivity contribution in [1.29, 1.82) is 0 Å². The van der Waals surface area contributed by atoms with Gasteiger partial charge in [-0.15, -0.1) is 4.40 Å². The van der Waals surface area contributed by atoms with Gasteiger partial charge in [-0.1, -0.05) is 49.4 Å². The first kappa shape index (κ1) is 22.2. The molecule has 0 saturated heterocycles. The molecule has 1 aliphatic rings. The average Bonchev–Trinajstić information content (AvgIpc) is 2.76. The summed E-state index contributed by atoms with van der Waals surface area (Å²) in [7, 11) is -2.18. The summed E-state index contributed by atoms with van der Waals surface area (Å²) >= 11 is 1.14. The number of nitrogens with zero attached hydrogens (tertiary/aromatic N) is 2. The number of nitrogens with one attached hydrogen (secondary N) is 1. The lowest BCUT2D eigenvalue weighted by Gasteiger charge is -2.30. The van der Waals surface area contributed by atoms with Gasteiger partial charge in [0.05, 0.1) is 18.6 Å². The van der Waals surface area contributed by atoms with Crippen LogP contribution in [0.1, 0.15) is 25.3 Å². The van der Waals surface area contributed by atoms with Gasteiger partial charge in [-0.05, 0) is 36.2 Å². The first-order valence-corrected chi connectivity index (χ1v) is 12.1. The Morgan fingerprint density at radius 1 is 1.17 bits per heavy atom. The SMILES string of the molecule is CCCCN1C(SCC(=O)NCc2ccc(OC)cc2)=NS(=O)(=O)c2ccccc21. The molecule has 0 aliphatic carbocycles. The zero-order valence-electron chi connectivity index (χ0n) is 17.0. The molecular weight excluding hydrogens is 422 g/mol. The Morgan fingerprint density at radius 3 is 2.60 bits per heavy atom. The third-order valence-electron chi connectivity index (χ3n) is 4.58. The fourth-order valence-corrected chi connectivity index (χ4v) is 5.27. The van der Waals surface area contributed by atoms with E-state index in [4.69, 9.17) is 4.74 Å². The van der Waals surface area contributed by atoms with Crippen molar-refractivity contribution in [3.05, 3.63) is 54.1 Å². The molecule has 0 saturated carbocycles. The van der Waals surface area contributed by atoms with Gasteiger partial charge >= 0.3 is 0 Å². The molecule has 0 unspecified atom stereocenters. The number of anilines is 1. The maximum absolute atomic E-state index is 12.6. The van der Waals surface area contributed by atoms with Crippen molar-refractivity contribution < 1.29 is 17.9 Å². The quantitative estimate of drug-likeness (QED) is 0.667. The van der Waals surface area contributed by atoms with E-state index in [2.05, 4.69) is 16.6 Å². The number of hydrogen-bond donors (Lipinski definition) is 1. The predicted octanol–water partition coefficient (Wildman–Crippen LogP) is 3.41. The van der Waals surface area contributed by atoms with Crippen molar-refractivity contribution in [2.75, 3.05) is 24.3 Å². The maximum atomic E-state index is 12.6.